The van der Waals surface area contributed by atoms with Gasteiger partial charge in [0.2, 0.25) is 5.91 Å². The van der Waals surface area contributed by atoms with Gasteiger partial charge in [-0.05, 0) is 24.6 Å². The van der Waals surface area contributed by atoms with Crippen molar-refractivity contribution >= 4 is 46.6 Å². The van der Waals surface area contributed by atoms with Crippen LogP contribution in [0.3, 0.4) is 0 Å². The van der Waals surface area contributed by atoms with Gasteiger partial charge in [0.25, 0.3) is 0 Å². The molecule has 1 aliphatic rings. The van der Waals surface area contributed by atoms with E-state index in [1.54, 1.807) is 17.1 Å². The lowest BCUT2D eigenvalue weighted by molar-refractivity contribution is -0.140. The highest BCUT2D eigenvalue weighted by Crippen LogP contribution is 2.28. The topological polar surface area (TPSA) is 71.0 Å². The second-order valence-corrected chi connectivity index (χ2v) is 5.81. The fourth-order valence-corrected chi connectivity index (χ4v) is 2.39. The number of rotatable bonds is 5. The van der Waals surface area contributed by atoms with Crippen molar-refractivity contribution in [3.8, 4) is 0 Å². The van der Waals surface area contributed by atoms with Crippen LogP contribution in [0, 0.1) is 0 Å². The van der Waals surface area contributed by atoms with Crippen molar-refractivity contribution < 1.29 is 14.3 Å². The van der Waals surface area contributed by atoms with Gasteiger partial charge in [-0.25, -0.2) is 0 Å². The van der Waals surface area contributed by atoms with E-state index in [1.165, 1.54) is 7.11 Å². The van der Waals surface area contributed by atoms with E-state index in [2.05, 4.69) is 15.2 Å². The molecule has 0 saturated heterocycles. The summed E-state index contributed by atoms with van der Waals surface area (Å²) in [5, 5.41) is 9.81. The summed E-state index contributed by atoms with van der Waals surface area (Å²) < 4.78 is 4.53. The number of esters is 1. The van der Waals surface area contributed by atoms with E-state index in [0.717, 1.165) is 5.69 Å². The number of benzene rings is 1. The Hall–Kier alpha value is -1.79. The third-order valence-corrected chi connectivity index (χ3v) is 4.04. The van der Waals surface area contributed by atoms with Gasteiger partial charge < -0.3 is 10.1 Å². The number of nitrogens with one attached hydrogen (secondary N) is 1. The molecule has 1 aromatic carbocycles. The lowest BCUT2D eigenvalue weighted by atomic mass is 10.2. The second-order valence-electron chi connectivity index (χ2n) is 5.00. The number of amidine groups is 1. The van der Waals surface area contributed by atoms with Gasteiger partial charge in [-0.3, -0.25) is 14.6 Å². The Balaban J connectivity index is 1.86. The van der Waals surface area contributed by atoms with Gasteiger partial charge in [-0.15, -0.1) is 0 Å². The molecule has 1 heterocycles. The SMILES string of the molecule is COC(=O)CCCC(=O)NC1=NN(c2ccc(Cl)c(Cl)c2)CC1. The van der Waals surface area contributed by atoms with Crippen LogP contribution in [0.1, 0.15) is 25.7 Å². The Bertz CT molecular complexity index is 634. The molecule has 0 spiro atoms. The molecule has 0 fully saturated rings. The first kappa shape index (κ1) is 17.6. The molecule has 1 amide bonds. The predicted octanol–water partition coefficient (Wildman–Crippen LogP) is 2.98. The van der Waals surface area contributed by atoms with Gasteiger partial charge in [-0.1, -0.05) is 23.2 Å². The highest BCUT2D eigenvalue weighted by molar-refractivity contribution is 6.42. The molecule has 6 nitrogen and oxygen atoms in total. The largest absolute Gasteiger partial charge is 0.469 e. The lowest BCUT2D eigenvalue weighted by Gasteiger charge is -2.13. The highest BCUT2D eigenvalue weighted by Gasteiger charge is 2.18. The van der Waals surface area contributed by atoms with Gasteiger partial charge >= 0.3 is 5.97 Å². The number of hydrazone groups is 1. The lowest BCUT2D eigenvalue weighted by Crippen LogP contribution is -2.29. The summed E-state index contributed by atoms with van der Waals surface area (Å²) in [7, 11) is 1.33. The summed E-state index contributed by atoms with van der Waals surface area (Å²) in [6.45, 7) is 0.649. The molecule has 1 aliphatic heterocycles. The molecular weight excluding hydrogens is 341 g/mol. The average Bonchev–Trinajstić information content (AvgIpc) is 2.98. The van der Waals surface area contributed by atoms with Crippen LogP contribution < -0.4 is 10.3 Å². The Morgan fingerprint density at radius 1 is 1.30 bits per heavy atom. The summed E-state index contributed by atoms with van der Waals surface area (Å²) in [4.78, 5) is 22.8. The number of nitrogens with zero attached hydrogens (tertiary/aromatic N) is 2. The van der Waals surface area contributed by atoms with Crippen molar-refractivity contribution in [1.29, 1.82) is 0 Å². The van der Waals surface area contributed by atoms with Crippen LogP contribution in [-0.4, -0.2) is 31.4 Å². The third kappa shape index (κ3) is 5.11. The normalized spacial score (nSPS) is 13.7. The van der Waals surface area contributed by atoms with Crippen molar-refractivity contribution in [3.05, 3.63) is 28.2 Å². The number of hydrogen-bond donors (Lipinski definition) is 1. The van der Waals surface area contributed by atoms with Gasteiger partial charge in [-0.2, -0.15) is 5.10 Å². The van der Waals surface area contributed by atoms with E-state index in [9.17, 15) is 9.59 Å². The second kappa shape index (κ2) is 8.17. The molecule has 0 saturated carbocycles. The maximum absolute atomic E-state index is 11.8. The van der Waals surface area contributed by atoms with E-state index in [4.69, 9.17) is 23.2 Å². The number of carbonyl (C=O) groups excluding carboxylic acids is 2. The molecule has 0 atom stereocenters. The minimum atomic E-state index is -0.318. The zero-order valence-corrected chi connectivity index (χ0v) is 14.2. The molecule has 0 aliphatic carbocycles. The Kier molecular flexibility index (Phi) is 6.24. The zero-order valence-electron chi connectivity index (χ0n) is 12.6. The van der Waals surface area contributed by atoms with E-state index in [1.807, 2.05) is 6.07 Å². The molecule has 1 aromatic rings. The van der Waals surface area contributed by atoms with Crippen molar-refractivity contribution in [2.75, 3.05) is 18.7 Å². The molecule has 0 radical (unpaired) electrons. The van der Waals surface area contributed by atoms with Crippen molar-refractivity contribution in [3.63, 3.8) is 0 Å². The molecule has 0 unspecified atom stereocenters. The summed E-state index contributed by atoms with van der Waals surface area (Å²) >= 11 is 11.9. The maximum Gasteiger partial charge on any atom is 0.305 e. The Labute approximate surface area is 144 Å². The molecule has 0 aromatic heterocycles. The minimum Gasteiger partial charge on any atom is -0.469 e. The fraction of sp³-hybridized carbons (Fsp3) is 0.400. The van der Waals surface area contributed by atoms with Crippen LogP contribution in [0.2, 0.25) is 10.0 Å². The van der Waals surface area contributed by atoms with Crippen molar-refractivity contribution in [2.45, 2.75) is 25.7 Å². The van der Waals surface area contributed by atoms with Gasteiger partial charge in [0, 0.05) is 25.8 Å². The number of anilines is 1. The molecule has 8 heteroatoms. The molecular formula is C15H17Cl2N3O3. The zero-order chi connectivity index (χ0) is 16.8. The third-order valence-electron chi connectivity index (χ3n) is 3.30. The summed E-state index contributed by atoms with van der Waals surface area (Å²) in [5.74, 6) is 0.115. The molecule has 0 bridgehead atoms. The first-order valence-corrected chi connectivity index (χ1v) is 7.92. The Morgan fingerprint density at radius 3 is 2.78 bits per heavy atom. The van der Waals surface area contributed by atoms with Crippen LogP contribution in [0.15, 0.2) is 23.3 Å². The smallest absolute Gasteiger partial charge is 0.305 e. The number of halogens is 2. The van der Waals surface area contributed by atoms with Crippen LogP contribution in [0.4, 0.5) is 5.69 Å². The number of hydrogen-bond acceptors (Lipinski definition) is 5. The standard InChI is InChI=1S/C15H17Cl2N3O3/c1-23-15(22)4-2-3-14(21)18-13-7-8-20(19-13)10-5-6-11(16)12(17)9-10/h5-6,9H,2-4,7-8H2,1H3,(H,18,19,21). The van der Waals surface area contributed by atoms with Crippen LogP contribution >= 0.6 is 23.2 Å². The summed E-state index contributed by atoms with van der Waals surface area (Å²) in [6, 6.07) is 5.26. The molecule has 1 N–H and O–H groups in total. The van der Waals surface area contributed by atoms with E-state index < -0.39 is 0 Å². The first-order chi connectivity index (χ1) is 11.0. The number of carbonyl (C=O) groups is 2. The first-order valence-electron chi connectivity index (χ1n) is 7.16. The molecule has 124 valence electrons. The predicted molar refractivity (Wildman–Crippen MR) is 89.9 cm³/mol. The summed E-state index contributed by atoms with van der Waals surface area (Å²) in [6.07, 6.45) is 1.55. The van der Waals surface area contributed by atoms with E-state index >= 15 is 0 Å². The number of amides is 1. The Morgan fingerprint density at radius 2 is 2.09 bits per heavy atom. The highest BCUT2D eigenvalue weighted by atomic mass is 35.5. The quantitative estimate of drug-likeness (QED) is 0.822. The van der Waals surface area contributed by atoms with Crippen molar-refractivity contribution in [2.24, 2.45) is 5.10 Å². The van der Waals surface area contributed by atoms with E-state index in [-0.39, 0.29) is 24.7 Å². The van der Waals surface area contributed by atoms with Crippen LogP contribution in [0.5, 0.6) is 0 Å². The maximum atomic E-state index is 11.8. The van der Waals surface area contributed by atoms with Crippen molar-refractivity contribution in [1.82, 2.24) is 5.32 Å². The van der Waals surface area contributed by atoms with Gasteiger partial charge in [0.05, 0.1) is 22.8 Å². The molecule has 23 heavy (non-hydrogen) atoms. The number of methoxy groups -OCH3 is 1. The van der Waals surface area contributed by atoms with Crippen LogP contribution in [0.25, 0.3) is 0 Å². The minimum absolute atomic E-state index is 0.163. The average molecular weight is 358 g/mol. The van der Waals surface area contributed by atoms with Gasteiger partial charge in [0.1, 0.15) is 5.84 Å². The fourth-order valence-electron chi connectivity index (χ4n) is 2.10. The monoisotopic (exact) mass is 357 g/mol. The van der Waals surface area contributed by atoms with Crippen LogP contribution in [-0.2, 0) is 14.3 Å². The van der Waals surface area contributed by atoms with Gasteiger partial charge in [0.15, 0.2) is 0 Å². The molecule has 2 rings (SSSR count). The van der Waals surface area contributed by atoms with E-state index in [0.29, 0.717) is 35.3 Å². The number of ether oxygens (including phenoxy) is 1. The summed E-state index contributed by atoms with van der Waals surface area (Å²) in [5.41, 5.74) is 0.814.